The average Bonchev–Trinajstić information content (AvgIpc) is 2.61. The molecule has 1 atom stereocenters. The fraction of sp³-hybridized carbons (Fsp3) is 0.467. The first kappa shape index (κ1) is 24.5. The summed E-state index contributed by atoms with van der Waals surface area (Å²) in [5.41, 5.74) is -0.159. The average molecular weight is 422 g/mol. The third kappa shape index (κ3) is 9.46. The van der Waals surface area contributed by atoms with E-state index in [2.05, 4.69) is 9.68 Å². The SMILES string of the molecule is CC(=O)Oc1cc(C(=O)OCCCCC(CON(O)O)ON(O)O)cc(O)c1O. The van der Waals surface area contributed by atoms with Crippen LogP contribution in [0, 0.1) is 0 Å². The number of carbonyl (C=O) groups is 2. The van der Waals surface area contributed by atoms with Gasteiger partial charge in [-0.1, -0.05) is 0 Å². The number of phenols is 2. The monoisotopic (exact) mass is 422 g/mol. The van der Waals surface area contributed by atoms with E-state index in [9.17, 15) is 19.8 Å². The molecule has 0 bridgehead atoms. The van der Waals surface area contributed by atoms with Crippen LogP contribution < -0.4 is 4.74 Å². The van der Waals surface area contributed by atoms with Crippen LogP contribution in [-0.2, 0) is 19.2 Å². The molecule has 0 aliphatic rings. The standard InChI is InChI=1S/C15H22N2O12/c1-9(18)28-13-7-10(6-12(19)14(13)20)15(21)26-5-3-2-4-11(29-17(24)25)8-27-16(22)23/h6-7,11,19-20,22-25H,2-5,8H2,1H3. The highest BCUT2D eigenvalue weighted by Gasteiger charge is 2.18. The summed E-state index contributed by atoms with van der Waals surface area (Å²) in [5.74, 6) is -3.38. The van der Waals surface area contributed by atoms with Crippen molar-refractivity contribution in [2.24, 2.45) is 0 Å². The third-order valence-corrected chi connectivity index (χ3v) is 3.32. The first-order valence-electron chi connectivity index (χ1n) is 8.17. The van der Waals surface area contributed by atoms with E-state index < -0.39 is 52.7 Å². The minimum absolute atomic E-state index is 0.0644. The molecule has 1 aromatic rings. The van der Waals surface area contributed by atoms with Gasteiger partial charge in [-0.2, -0.15) is 0 Å². The van der Waals surface area contributed by atoms with Crippen molar-refractivity contribution in [1.29, 1.82) is 0 Å². The lowest BCUT2D eigenvalue weighted by Crippen LogP contribution is -2.31. The number of esters is 2. The molecule has 0 saturated heterocycles. The Kier molecular flexibility index (Phi) is 10.2. The van der Waals surface area contributed by atoms with E-state index in [1.165, 1.54) is 0 Å². The van der Waals surface area contributed by atoms with Crippen LogP contribution in [0.1, 0.15) is 36.5 Å². The van der Waals surface area contributed by atoms with Gasteiger partial charge in [0.2, 0.25) is 5.75 Å². The molecule has 0 radical (unpaired) electrons. The zero-order chi connectivity index (χ0) is 22.0. The fourth-order valence-electron chi connectivity index (χ4n) is 2.12. The summed E-state index contributed by atoms with van der Waals surface area (Å²) in [4.78, 5) is 31.9. The molecule has 1 unspecified atom stereocenters. The maximum atomic E-state index is 12.0. The lowest BCUT2D eigenvalue weighted by Gasteiger charge is -2.18. The van der Waals surface area contributed by atoms with Crippen LogP contribution in [0.3, 0.4) is 0 Å². The highest BCUT2D eigenvalue weighted by atomic mass is 17.1. The van der Waals surface area contributed by atoms with Crippen molar-refractivity contribution in [3.8, 4) is 17.2 Å². The number of ether oxygens (including phenoxy) is 2. The molecule has 0 heterocycles. The van der Waals surface area contributed by atoms with Gasteiger partial charge in [0.15, 0.2) is 11.5 Å². The zero-order valence-electron chi connectivity index (χ0n) is 15.3. The van der Waals surface area contributed by atoms with Crippen LogP contribution in [0.25, 0.3) is 0 Å². The number of hydrogen-bond donors (Lipinski definition) is 6. The predicted molar refractivity (Wildman–Crippen MR) is 86.9 cm³/mol. The Hall–Kier alpha value is -2.56. The Bertz CT molecular complexity index is 682. The number of carbonyl (C=O) groups excluding carboxylic acids is 2. The van der Waals surface area contributed by atoms with Crippen LogP contribution in [0.2, 0.25) is 0 Å². The van der Waals surface area contributed by atoms with E-state index in [1.807, 2.05) is 0 Å². The highest BCUT2D eigenvalue weighted by molar-refractivity contribution is 5.91. The molecule has 0 saturated carbocycles. The van der Waals surface area contributed by atoms with E-state index >= 15 is 0 Å². The quantitative estimate of drug-likeness (QED) is 0.0905. The summed E-state index contributed by atoms with van der Waals surface area (Å²) in [6.45, 7) is 0.593. The molecule has 0 aliphatic heterocycles. The zero-order valence-corrected chi connectivity index (χ0v) is 15.3. The number of hydrogen-bond acceptors (Lipinski definition) is 14. The molecule has 0 spiro atoms. The lowest BCUT2D eigenvalue weighted by atomic mass is 10.1. The van der Waals surface area contributed by atoms with Crippen molar-refractivity contribution >= 4 is 11.9 Å². The van der Waals surface area contributed by atoms with Crippen molar-refractivity contribution in [3.05, 3.63) is 17.7 Å². The van der Waals surface area contributed by atoms with E-state index in [-0.39, 0.29) is 18.6 Å². The topological polar surface area (TPSA) is 199 Å². The van der Waals surface area contributed by atoms with E-state index in [0.717, 1.165) is 19.1 Å². The normalized spacial score (nSPS) is 12.2. The summed E-state index contributed by atoms with van der Waals surface area (Å²) >= 11 is 0. The largest absolute Gasteiger partial charge is 0.504 e. The maximum absolute atomic E-state index is 12.0. The lowest BCUT2D eigenvalue weighted by molar-refractivity contribution is -0.527. The van der Waals surface area contributed by atoms with Crippen LogP contribution in [0.5, 0.6) is 17.2 Å². The van der Waals surface area contributed by atoms with Crippen molar-refractivity contribution in [2.75, 3.05) is 13.2 Å². The molecule has 29 heavy (non-hydrogen) atoms. The summed E-state index contributed by atoms with van der Waals surface area (Å²) < 4.78 is 9.69. The maximum Gasteiger partial charge on any atom is 0.338 e. The van der Waals surface area contributed by atoms with Crippen LogP contribution in [0.4, 0.5) is 0 Å². The molecule has 0 aliphatic carbocycles. The number of phenolic OH excluding ortho intramolecular Hbond substituents is 2. The van der Waals surface area contributed by atoms with Crippen molar-refractivity contribution in [1.82, 2.24) is 10.8 Å². The van der Waals surface area contributed by atoms with Crippen molar-refractivity contribution in [3.63, 3.8) is 0 Å². The highest BCUT2D eigenvalue weighted by Crippen LogP contribution is 2.36. The first-order chi connectivity index (χ1) is 13.6. The van der Waals surface area contributed by atoms with Crippen LogP contribution >= 0.6 is 0 Å². The van der Waals surface area contributed by atoms with Gasteiger partial charge in [0.05, 0.1) is 23.0 Å². The molecule has 164 valence electrons. The predicted octanol–water partition coefficient (Wildman–Crippen LogP) is 0.743. The molecule has 0 amide bonds. The van der Waals surface area contributed by atoms with E-state index in [4.69, 9.17) is 30.3 Å². The van der Waals surface area contributed by atoms with E-state index in [1.54, 1.807) is 0 Å². The number of nitrogens with zero attached hydrogens (tertiary/aromatic N) is 2. The second-order valence-corrected chi connectivity index (χ2v) is 5.60. The number of unbranched alkanes of at least 4 members (excludes halogenated alkanes) is 1. The van der Waals surface area contributed by atoms with Gasteiger partial charge in [0.1, 0.15) is 12.7 Å². The van der Waals surface area contributed by atoms with Gasteiger partial charge in [-0.15, -0.1) is 0 Å². The second kappa shape index (κ2) is 12.1. The van der Waals surface area contributed by atoms with Gasteiger partial charge in [-0.3, -0.25) is 25.6 Å². The Morgan fingerprint density at radius 1 is 1.07 bits per heavy atom. The number of rotatable bonds is 12. The molecule has 0 fully saturated rings. The summed E-state index contributed by atoms with van der Waals surface area (Å²) in [5, 5.41) is 52.4. The molecule has 0 aromatic heterocycles. The Morgan fingerprint density at radius 3 is 2.34 bits per heavy atom. The molecule has 14 nitrogen and oxygen atoms in total. The summed E-state index contributed by atoms with van der Waals surface area (Å²) in [6, 6.07) is 1.98. The number of aromatic hydroxyl groups is 2. The Morgan fingerprint density at radius 2 is 1.76 bits per heavy atom. The van der Waals surface area contributed by atoms with Crippen molar-refractivity contribution < 1.29 is 59.8 Å². The van der Waals surface area contributed by atoms with Crippen LogP contribution in [-0.4, -0.2) is 73.1 Å². The molecule has 1 rings (SSSR count). The molecular weight excluding hydrogens is 400 g/mol. The van der Waals surface area contributed by atoms with Gasteiger partial charge in [0, 0.05) is 6.92 Å². The third-order valence-electron chi connectivity index (χ3n) is 3.32. The molecule has 1 aromatic carbocycles. The van der Waals surface area contributed by atoms with E-state index in [0.29, 0.717) is 12.8 Å². The summed E-state index contributed by atoms with van der Waals surface area (Å²) in [7, 11) is 0. The molecule has 14 heteroatoms. The van der Waals surface area contributed by atoms with Gasteiger partial charge >= 0.3 is 11.9 Å². The smallest absolute Gasteiger partial charge is 0.338 e. The Balaban J connectivity index is 2.50. The van der Waals surface area contributed by atoms with Gasteiger partial charge in [-0.05, 0) is 31.4 Å². The molecule has 6 N–H and O–H groups in total. The Labute approximate surface area is 164 Å². The van der Waals surface area contributed by atoms with Gasteiger partial charge < -0.3 is 19.7 Å². The first-order valence-corrected chi connectivity index (χ1v) is 8.17. The molecular formula is C15H22N2O12. The van der Waals surface area contributed by atoms with Gasteiger partial charge in [0.25, 0.3) is 0 Å². The van der Waals surface area contributed by atoms with Crippen molar-refractivity contribution in [2.45, 2.75) is 32.3 Å². The fourth-order valence-corrected chi connectivity index (χ4v) is 2.12. The minimum atomic E-state index is -0.956. The van der Waals surface area contributed by atoms with Gasteiger partial charge in [-0.25, -0.2) is 14.5 Å². The minimum Gasteiger partial charge on any atom is -0.504 e. The second-order valence-electron chi connectivity index (χ2n) is 5.60. The summed E-state index contributed by atoms with van der Waals surface area (Å²) in [6.07, 6.45) is -0.126. The number of benzene rings is 1. The van der Waals surface area contributed by atoms with Crippen LogP contribution in [0.15, 0.2) is 12.1 Å².